The zero-order valence-corrected chi connectivity index (χ0v) is 14.1. The average Bonchev–Trinajstić information content (AvgIpc) is 2.83. The van der Waals surface area contributed by atoms with Gasteiger partial charge in [-0.2, -0.15) is 5.10 Å². The number of rotatable bonds is 5. The lowest BCUT2D eigenvalue weighted by Gasteiger charge is -2.18. The van der Waals surface area contributed by atoms with E-state index in [1.165, 1.54) is 6.33 Å². The molecule has 0 fully saturated rings. The third kappa shape index (κ3) is 4.99. The molecule has 0 aromatic carbocycles. The normalized spacial score (nSPS) is 14.6. The molecule has 0 aliphatic heterocycles. The van der Waals surface area contributed by atoms with Gasteiger partial charge in [0.2, 0.25) is 10.0 Å². The van der Waals surface area contributed by atoms with Crippen molar-refractivity contribution in [2.45, 2.75) is 33.7 Å². The second-order valence-electron chi connectivity index (χ2n) is 4.88. The van der Waals surface area contributed by atoms with Crippen LogP contribution >= 0.6 is 0 Å². The minimum Gasteiger partial charge on any atom is -0.311 e. The van der Waals surface area contributed by atoms with Gasteiger partial charge in [-0.1, -0.05) is 6.08 Å². The third-order valence-corrected chi connectivity index (χ3v) is 3.64. The first kappa shape index (κ1) is 17.9. The zero-order valence-electron chi connectivity index (χ0n) is 13.3. The van der Waals surface area contributed by atoms with Gasteiger partial charge in [0.25, 0.3) is 0 Å². The van der Waals surface area contributed by atoms with E-state index < -0.39 is 16.1 Å². The Balaban J connectivity index is 2.94. The standard InChI is InChI=1S/C13H21N5O3S/c1-6-7-12-14-8-15-18(12)11(4)9(2)10(3)16-13(19)17-22(5,20)21/h6-8,11H,1-5H3,(H2,16,17,19)/b7-6-,10-9?/t11-/m1/s1. The van der Waals surface area contributed by atoms with Gasteiger partial charge < -0.3 is 5.32 Å². The summed E-state index contributed by atoms with van der Waals surface area (Å²) in [7, 11) is -3.59. The molecule has 9 heteroatoms. The number of nitrogens with one attached hydrogen (secondary N) is 2. The van der Waals surface area contributed by atoms with E-state index in [4.69, 9.17) is 0 Å². The molecule has 1 heterocycles. The van der Waals surface area contributed by atoms with Crippen LogP contribution in [0.3, 0.4) is 0 Å². The van der Waals surface area contributed by atoms with E-state index in [9.17, 15) is 13.2 Å². The molecule has 0 spiro atoms. The number of amides is 2. The smallest absolute Gasteiger partial charge is 0.311 e. The predicted octanol–water partition coefficient (Wildman–Crippen LogP) is 1.42. The highest BCUT2D eigenvalue weighted by Crippen LogP contribution is 2.19. The highest BCUT2D eigenvalue weighted by atomic mass is 32.2. The Morgan fingerprint density at radius 1 is 1.41 bits per heavy atom. The molecule has 122 valence electrons. The Labute approximate surface area is 130 Å². The van der Waals surface area contributed by atoms with Crippen LogP contribution in [0.5, 0.6) is 0 Å². The fraction of sp³-hybridized carbons (Fsp3) is 0.462. The third-order valence-electron chi connectivity index (χ3n) is 3.08. The van der Waals surface area contributed by atoms with E-state index in [0.29, 0.717) is 11.5 Å². The second-order valence-corrected chi connectivity index (χ2v) is 6.62. The molecule has 0 aliphatic rings. The minimum atomic E-state index is -3.59. The van der Waals surface area contributed by atoms with Gasteiger partial charge in [0, 0.05) is 5.70 Å². The second kappa shape index (κ2) is 7.21. The molecular weight excluding hydrogens is 306 g/mol. The van der Waals surface area contributed by atoms with Crippen molar-refractivity contribution in [3.8, 4) is 0 Å². The van der Waals surface area contributed by atoms with Gasteiger partial charge in [0.05, 0.1) is 12.3 Å². The van der Waals surface area contributed by atoms with Crippen molar-refractivity contribution in [2.75, 3.05) is 6.26 Å². The first-order chi connectivity index (χ1) is 10.2. The highest BCUT2D eigenvalue weighted by Gasteiger charge is 2.15. The van der Waals surface area contributed by atoms with Gasteiger partial charge in [-0.15, -0.1) is 0 Å². The number of nitrogens with zero attached hydrogens (tertiary/aromatic N) is 3. The summed E-state index contributed by atoms with van der Waals surface area (Å²) in [5.74, 6) is 0.697. The van der Waals surface area contributed by atoms with Crippen LogP contribution in [0.1, 0.15) is 39.6 Å². The molecule has 0 bridgehead atoms. The molecule has 1 rings (SSSR count). The van der Waals surface area contributed by atoms with E-state index in [1.807, 2.05) is 37.6 Å². The summed E-state index contributed by atoms with van der Waals surface area (Å²) < 4.78 is 25.6. The van der Waals surface area contributed by atoms with Crippen molar-refractivity contribution in [3.63, 3.8) is 0 Å². The summed E-state index contributed by atoms with van der Waals surface area (Å²) in [6.45, 7) is 7.33. The summed E-state index contributed by atoms with van der Waals surface area (Å²) in [6.07, 6.45) is 6.06. The van der Waals surface area contributed by atoms with Crippen LogP contribution in [-0.4, -0.2) is 35.5 Å². The maximum absolute atomic E-state index is 11.6. The molecule has 0 saturated carbocycles. The lowest BCUT2D eigenvalue weighted by atomic mass is 10.1. The number of allylic oxidation sites excluding steroid dienone is 3. The largest absolute Gasteiger partial charge is 0.332 e. The van der Waals surface area contributed by atoms with Crippen LogP contribution < -0.4 is 10.0 Å². The Morgan fingerprint density at radius 3 is 2.59 bits per heavy atom. The van der Waals surface area contributed by atoms with Crippen molar-refractivity contribution in [1.29, 1.82) is 0 Å². The Kier molecular flexibility index (Phi) is 5.86. The number of sulfonamides is 1. The van der Waals surface area contributed by atoms with Crippen LogP contribution in [0.2, 0.25) is 0 Å². The number of hydrogen-bond donors (Lipinski definition) is 2. The van der Waals surface area contributed by atoms with Gasteiger partial charge in [0.1, 0.15) is 6.33 Å². The molecular formula is C13H21N5O3S. The van der Waals surface area contributed by atoms with E-state index in [2.05, 4.69) is 15.4 Å². The van der Waals surface area contributed by atoms with Crippen molar-refractivity contribution in [3.05, 3.63) is 29.5 Å². The van der Waals surface area contributed by atoms with E-state index >= 15 is 0 Å². The number of carbonyl (C=O) groups excluding carboxylic acids is 1. The molecule has 0 unspecified atom stereocenters. The maximum Gasteiger partial charge on any atom is 0.332 e. The molecule has 22 heavy (non-hydrogen) atoms. The number of hydrogen-bond acceptors (Lipinski definition) is 5. The quantitative estimate of drug-likeness (QED) is 0.851. The SMILES string of the molecule is C/C=C\c1ncnn1[C@H](C)C(C)=C(C)NC(=O)NS(C)(=O)=O. The van der Waals surface area contributed by atoms with Gasteiger partial charge in [-0.25, -0.2) is 27.6 Å². The summed E-state index contributed by atoms with van der Waals surface area (Å²) >= 11 is 0. The fourth-order valence-electron chi connectivity index (χ4n) is 1.79. The van der Waals surface area contributed by atoms with Crippen LogP contribution in [0.25, 0.3) is 6.08 Å². The van der Waals surface area contributed by atoms with Gasteiger partial charge in [0.15, 0.2) is 5.82 Å². The first-order valence-electron chi connectivity index (χ1n) is 6.64. The van der Waals surface area contributed by atoms with Crippen molar-refractivity contribution in [1.82, 2.24) is 24.8 Å². The summed E-state index contributed by atoms with van der Waals surface area (Å²) in [5, 5.41) is 6.67. The Hall–Kier alpha value is -2.16. The number of urea groups is 1. The molecule has 0 radical (unpaired) electrons. The monoisotopic (exact) mass is 327 g/mol. The Morgan fingerprint density at radius 2 is 2.05 bits per heavy atom. The Bertz CT molecular complexity index is 703. The van der Waals surface area contributed by atoms with Crippen molar-refractivity contribution in [2.24, 2.45) is 0 Å². The summed E-state index contributed by atoms with van der Waals surface area (Å²) in [5.41, 5.74) is 1.38. The number of aromatic nitrogens is 3. The molecule has 2 N–H and O–H groups in total. The fourth-order valence-corrected chi connectivity index (χ4v) is 2.17. The molecule has 8 nitrogen and oxygen atoms in total. The molecule has 1 aromatic rings. The first-order valence-corrected chi connectivity index (χ1v) is 8.53. The average molecular weight is 327 g/mol. The predicted molar refractivity (Wildman–Crippen MR) is 84.3 cm³/mol. The van der Waals surface area contributed by atoms with Crippen LogP contribution in [0.4, 0.5) is 4.79 Å². The van der Waals surface area contributed by atoms with Crippen LogP contribution in [0, 0.1) is 0 Å². The van der Waals surface area contributed by atoms with Crippen LogP contribution in [-0.2, 0) is 10.0 Å². The maximum atomic E-state index is 11.6. The lowest BCUT2D eigenvalue weighted by Crippen LogP contribution is -2.38. The summed E-state index contributed by atoms with van der Waals surface area (Å²) in [4.78, 5) is 15.7. The summed E-state index contributed by atoms with van der Waals surface area (Å²) in [6, 6.07) is -0.939. The number of carbonyl (C=O) groups is 1. The van der Waals surface area contributed by atoms with Gasteiger partial charge >= 0.3 is 6.03 Å². The van der Waals surface area contributed by atoms with Crippen LogP contribution in [0.15, 0.2) is 23.7 Å². The minimum absolute atomic E-state index is 0.146. The van der Waals surface area contributed by atoms with E-state index in [-0.39, 0.29) is 6.04 Å². The van der Waals surface area contributed by atoms with Crippen molar-refractivity contribution >= 4 is 22.1 Å². The van der Waals surface area contributed by atoms with Gasteiger partial charge in [-0.05, 0) is 39.3 Å². The van der Waals surface area contributed by atoms with Gasteiger partial charge in [-0.3, -0.25) is 0 Å². The molecule has 2 amide bonds. The molecule has 0 aliphatic carbocycles. The van der Waals surface area contributed by atoms with E-state index in [1.54, 1.807) is 11.6 Å². The zero-order chi connectivity index (χ0) is 16.9. The highest BCUT2D eigenvalue weighted by molar-refractivity contribution is 7.89. The molecule has 1 aromatic heterocycles. The molecule has 1 atom stereocenters. The lowest BCUT2D eigenvalue weighted by molar-refractivity contribution is 0.248. The van der Waals surface area contributed by atoms with Crippen molar-refractivity contribution < 1.29 is 13.2 Å². The van der Waals surface area contributed by atoms with E-state index in [0.717, 1.165) is 11.8 Å². The molecule has 0 saturated heterocycles. The topological polar surface area (TPSA) is 106 Å².